The molecule has 1 unspecified atom stereocenters. The van der Waals surface area contributed by atoms with Crippen molar-refractivity contribution in [3.8, 4) is 0 Å². The SMILES string of the molecule is CSCC(C)NCc1cc2ccccc2s1. The smallest absolute Gasteiger partial charge is 0.0346 e. The van der Waals surface area contributed by atoms with Gasteiger partial charge in [0.05, 0.1) is 0 Å². The Morgan fingerprint density at radius 2 is 2.19 bits per heavy atom. The number of hydrogen-bond acceptors (Lipinski definition) is 3. The normalized spacial score (nSPS) is 13.1. The van der Waals surface area contributed by atoms with Gasteiger partial charge in [-0.2, -0.15) is 11.8 Å². The van der Waals surface area contributed by atoms with Gasteiger partial charge in [0.25, 0.3) is 0 Å². The number of thiophene rings is 1. The van der Waals surface area contributed by atoms with Crippen LogP contribution in [0.4, 0.5) is 0 Å². The first-order chi connectivity index (χ1) is 7.79. The number of benzene rings is 1. The zero-order valence-electron chi connectivity index (χ0n) is 9.69. The maximum Gasteiger partial charge on any atom is 0.0346 e. The Hall–Kier alpha value is -0.510. The third-order valence-electron chi connectivity index (χ3n) is 2.52. The van der Waals surface area contributed by atoms with Gasteiger partial charge in [-0.1, -0.05) is 18.2 Å². The quantitative estimate of drug-likeness (QED) is 0.868. The monoisotopic (exact) mass is 251 g/mol. The fourth-order valence-electron chi connectivity index (χ4n) is 1.71. The standard InChI is InChI=1S/C13H17NS2/c1-10(9-15-2)14-8-12-7-11-5-3-4-6-13(11)16-12/h3-7,10,14H,8-9H2,1-2H3. The van der Waals surface area contributed by atoms with Crippen LogP contribution in [0.25, 0.3) is 10.1 Å². The lowest BCUT2D eigenvalue weighted by Crippen LogP contribution is -2.27. The summed E-state index contributed by atoms with van der Waals surface area (Å²) in [5.74, 6) is 1.17. The van der Waals surface area contributed by atoms with Crippen molar-refractivity contribution < 1.29 is 0 Å². The number of fused-ring (bicyclic) bond motifs is 1. The molecule has 3 heteroatoms. The average molecular weight is 251 g/mol. The molecule has 2 rings (SSSR count). The summed E-state index contributed by atoms with van der Waals surface area (Å²) in [5, 5.41) is 4.91. The van der Waals surface area contributed by atoms with Gasteiger partial charge in [0.2, 0.25) is 0 Å². The number of nitrogens with one attached hydrogen (secondary N) is 1. The maximum absolute atomic E-state index is 3.55. The van der Waals surface area contributed by atoms with Crippen LogP contribution in [0.5, 0.6) is 0 Å². The lowest BCUT2D eigenvalue weighted by atomic mass is 10.2. The summed E-state index contributed by atoms with van der Waals surface area (Å²) < 4.78 is 1.39. The Morgan fingerprint density at radius 1 is 1.38 bits per heavy atom. The third-order valence-corrected chi connectivity index (χ3v) is 4.47. The maximum atomic E-state index is 3.55. The van der Waals surface area contributed by atoms with E-state index >= 15 is 0 Å². The summed E-state index contributed by atoms with van der Waals surface area (Å²) in [4.78, 5) is 1.43. The lowest BCUT2D eigenvalue weighted by Gasteiger charge is -2.10. The molecule has 1 heterocycles. The van der Waals surface area contributed by atoms with Crippen LogP contribution in [0.15, 0.2) is 30.3 Å². The minimum Gasteiger partial charge on any atom is -0.309 e. The van der Waals surface area contributed by atoms with Gasteiger partial charge in [0.1, 0.15) is 0 Å². The molecule has 0 saturated carbocycles. The van der Waals surface area contributed by atoms with Crippen molar-refractivity contribution in [2.45, 2.75) is 19.5 Å². The van der Waals surface area contributed by atoms with Crippen LogP contribution < -0.4 is 5.32 Å². The Bertz CT molecular complexity index is 417. The molecule has 16 heavy (non-hydrogen) atoms. The number of rotatable bonds is 5. The van der Waals surface area contributed by atoms with Gasteiger partial charge in [0.15, 0.2) is 0 Å². The predicted octanol–water partition coefficient (Wildman–Crippen LogP) is 3.74. The van der Waals surface area contributed by atoms with Gasteiger partial charge in [-0.05, 0) is 30.7 Å². The fraction of sp³-hybridized carbons (Fsp3) is 0.385. The van der Waals surface area contributed by atoms with Crippen LogP contribution in [-0.4, -0.2) is 18.1 Å². The second-order valence-electron chi connectivity index (χ2n) is 3.99. The van der Waals surface area contributed by atoms with Crippen LogP contribution in [0.2, 0.25) is 0 Å². The molecule has 1 atom stereocenters. The Balaban J connectivity index is 1.99. The van der Waals surface area contributed by atoms with E-state index in [0.29, 0.717) is 6.04 Å². The molecular weight excluding hydrogens is 234 g/mol. The molecule has 0 bridgehead atoms. The van der Waals surface area contributed by atoms with Crippen LogP contribution in [0.3, 0.4) is 0 Å². The zero-order valence-corrected chi connectivity index (χ0v) is 11.3. The molecule has 0 aliphatic heterocycles. The average Bonchev–Trinajstić information content (AvgIpc) is 2.69. The minimum atomic E-state index is 0.584. The van der Waals surface area contributed by atoms with Crippen molar-refractivity contribution in [1.82, 2.24) is 5.32 Å². The first kappa shape index (κ1) is 12.0. The van der Waals surface area contributed by atoms with E-state index in [9.17, 15) is 0 Å². The van der Waals surface area contributed by atoms with E-state index in [1.165, 1.54) is 20.7 Å². The first-order valence-corrected chi connectivity index (χ1v) is 7.70. The summed E-state index contributed by atoms with van der Waals surface area (Å²) in [6, 6.07) is 11.4. The summed E-state index contributed by atoms with van der Waals surface area (Å²) in [6.07, 6.45) is 2.15. The van der Waals surface area contributed by atoms with Crippen LogP contribution in [0.1, 0.15) is 11.8 Å². The molecule has 2 aromatic rings. The predicted molar refractivity (Wildman–Crippen MR) is 76.5 cm³/mol. The fourth-order valence-corrected chi connectivity index (χ4v) is 3.34. The molecule has 1 aromatic carbocycles. The van der Waals surface area contributed by atoms with Gasteiger partial charge in [0, 0.05) is 27.9 Å². The molecular formula is C13H17NS2. The highest BCUT2D eigenvalue weighted by Gasteiger charge is 2.03. The Labute approximate surface area is 105 Å². The summed E-state index contributed by atoms with van der Waals surface area (Å²) in [6.45, 7) is 3.23. The van der Waals surface area contributed by atoms with E-state index in [1.807, 2.05) is 23.1 Å². The van der Waals surface area contributed by atoms with Crippen molar-refractivity contribution in [2.24, 2.45) is 0 Å². The second-order valence-corrected chi connectivity index (χ2v) is 6.07. The molecule has 0 amide bonds. The summed E-state index contributed by atoms with van der Waals surface area (Å²) >= 11 is 3.78. The summed E-state index contributed by atoms with van der Waals surface area (Å²) in [5.41, 5.74) is 0. The highest BCUT2D eigenvalue weighted by Crippen LogP contribution is 2.25. The summed E-state index contributed by atoms with van der Waals surface area (Å²) in [7, 11) is 0. The van der Waals surface area contributed by atoms with E-state index in [4.69, 9.17) is 0 Å². The molecule has 1 aromatic heterocycles. The van der Waals surface area contributed by atoms with Crippen LogP contribution in [-0.2, 0) is 6.54 Å². The molecule has 0 radical (unpaired) electrons. The number of hydrogen-bond donors (Lipinski definition) is 1. The van der Waals surface area contributed by atoms with E-state index < -0.39 is 0 Å². The van der Waals surface area contributed by atoms with Gasteiger partial charge in [-0.15, -0.1) is 11.3 Å². The zero-order chi connectivity index (χ0) is 11.4. The minimum absolute atomic E-state index is 0.584. The van der Waals surface area contributed by atoms with Gasteiger partial charge in [-0.25, -0.2) is 0 Å². The topological polar surface area (TPSA) is 12.0 Å². The van der Waals surface area contributed by atoms with E-state index in [-0.39, 0.29) is 0 Å². The lowest BCUT2D eigenvalue weighted by molar-refractivity contribution is 0.601. The van der Waals surface area contributed by atoms with Crippen LogP contribution in [0, 0.1) is 0 Å². The van der Waals surface area contributed by atoms with Crippen molar-refractivity contribution in [3.63, 3.8) is 0 Å². The molecule has 0 aliphatic carbocycles. The van der Waals surface area contributed by atoms with E-state index in [0.717, 1.165) is 6.54 Å². The highest BCUT2D eigenvalue weighted by atomic mass is 32.2. The van der Waals surface area contributed by atoms with Gasteiger partial charge < -0.3 is 5.32 Å². The van der Waals surface area contributed by atoms with Crippen molar-refractivity contribution in [1.29, 1.82) is 0 Å². The van der Waals surface area contributed by atoms with Gasteiger partial charge >= 0.3 is 0 Å². The van der Waals surface area contributed by atoms with Crippen molar-refractivity contribution in [2.75, 3.05) is 12.0 Å². The largest absolute Gasteiger partial charge is 0.309 e. The van der Waals surface area contributed by atoms with Crippen molar-refractivity contribution >= 4 is 33.2 Å². The number of thioether (sulfide) groups is 1. The Kier molecular flexibility index (Phi) is 4.27. The molecule has 86 valence electrons. The van der Waals surface area contributed by atoms with Gasteiger partial charge in [-0.3, -0.25) is 0 Å². The molecule has 0 aliphatic rings. The second kappa shape index (κ2) is 5.71. The molecule has 0 saturated heterocycles. The molecule has 1 N–H and O–H groups in total. The van der Waals surface area contributed by atoms with E-state index in [2.05, 4.69) is 48.8 Å². The third kappa shape index (κ3) is 3.00. The molecule has 0 fully saturated rings. The van der Waals surface area contributed by atoms with Crippen molar-refractivity contribution in [3.05, 3.63) is 35.2 Å². The molecule has 1 nitrogen and oxygen atoms in total. The molecule has 0 spiro atoms. The van der Waals surface area contributed by atoms with E-state index in [1.54, 1.807) is 0 Å². The first-order valence-electron chi connectivity index (χ1n) is 5.49. The highest BCUT2D eigenvalue weighted by molar-refractivity contribution is 7.98. The Morgan fingerprint density at radius 3 is 2.94 bits per heavy atom. The van der Waals surface area contributed by atoms with Crippen LogP contribution >= 0.6 is 23.1 Å².